The molecule has 1 fully saturated rings. The first-order chi connectivity index (χ1) is 13.0. The van der Waals surface area contributed by atoms with Gasteiger partial charge in [-0.05, 0) is 44.9 Å². The number of aryl methyl sites for hydroxylation is 1. The van der Waals surface area contributed by atoms with E-state index in [0.717, 1.165) is 41.5 Å². The molecule has 144 valence electrons. The van der Waals surface area contributed by atoms with E-state index in [1.165, 1.54) is 0 Å². The highest BCUT2D eigenvalue weighted by atomic mass is 32.2. The van der Waals surface area contributed by atoms with E-state index < -0.39 is 5.97 Å². The summed E-state index contributed by atoms with van der Waals surface area (Å²) in [6, 6.07) is 9.18. The summed E-state index contributed by atoms with van der Waals surface area (Å²) < 4.78 is 12.9. The second-order valence-electron chi connectivity index (χ2n) is 6.79. The van der Waals surface area contributed by atoms with Crippen molar-refractivity contribution in [1.82, 2.24) is 4.57 Å². The molecule has 0 aliphatic carbocycles. The summed E-state index contributed by atoms with van der Waals surface area (Å²) in [4.78, 5) is 25.8. The average molecular weight is 388 g/mol. The molecule has 0 unspecified atom stereocenters. The van der Waals surface area contributed by atoms with Gasteiger partial charge in [-0.25, -0.2) is 4.79 Å². The maximum absolute atomic E-state index is 12.5. The molecule has 1 saturated heterocycles. The lowest BCUT2D eigenvalue weighted by molar-refractivity contribution is 0.0471. The Kier molecular flexibility index (Phi) is 6.39. The Labute approximate surface area is 164 Å². The Morgan fingerprint density at radius 1 is 1.26 bits per heavy atom. The van der Waals surface area contributed by atoms with Crippen molar-refractivity contribution < 1.29 is 19.1 Å². The minimum atomic E-state index is -0.468. The molecule has 5 nitrogen and oxygen atoms in total. The molecule has 27 heavy (non-hydrogen) atoms. The summed E-state index contributed by atoms with van der Waals surface area (Å²) >= 11 is 1.60. The monoisotopic (exact) mass is 387 g/mol. The number of carbonyl (C=O) groups excluding carboxylic acids is 2. The first kappa shape index (κ1) is 19.7. The Hall–Kier alpha value is -2.05. The molecular weight excluding hydrogens is 362 g/mol. The number of carbonyl (C=O) groups is 2. The lowest BCUT2D eigenvalue weighted by Gasteiger charge is -2.12. The van der Waals surface area contributed by atoms with Crippen molar-refractivity contribution in [2.45, 2.75) is 37.7 Å². The lowest BCUT2D eigenvalue weighted by Crippen LogP contribution is -2.16. The topological polar surface area (TPSA) is 57.5 Å². The smallest absolute Gasteiger partial charge is 0.339 e. The van der Waals surface area contributed by atoms with E-state index in [9.17, 15) is 9.59 Å². The summed E-state index contributed by atoms with van der Waals surface area (Å²) in [5, 5.41) is 0. The first-order valence-electron chi connectivity index (χ1n) is 9.14. The molecule has 0 amide bonds. The van der Waals surface area contributed by atoms with Crippen molar-refractivity contribution in [3.8, 4) is 0 Å². The Morgan fingerprint density at radius 3 is 2.70 bits per heavy atom. The van der Waals surface area contributed by atoms with Crippen molar-refractivity contribution in [3.63, 3.8) is 0 Å². The number of aromatic nitrogens is 1. The van der Waals surface area contributed by atoms with Crippen molar-refractivity contribution in [3.05, 3.63) is 52.8 Å². The van der Waals surface area contributed by atoms with Gasteiger partial charge in [0.1, 0.15) is 0 Å². The highest BCUT2D eigenvalue weighted by Crippen LogP contribution is 2.27. The van der Waals surface area contributed by atoms with Crippen LogP contribution >= 0.6 is 11.8 Å². The second kappa shape index (κ2) is 8.76. The van der Waals surface area contributed by atoms with Crippen LogP contribution in [-0.4, -0.2) is 41.4 Å². The lowest BCUT2D eigenvalue weighted by atomic mass is 10.1. The molecule has 1 aliphatic heterocycles. The van der Waals surface area contributed by atoms with Crippen molar-refractivity contribution >= 4 is 23.5 Å². The minimum Gasteiger partial charge on any atom is -0.454 e. The van der Waals surface area contributed by atoms with Gasteiger partial charge in [-0.3, -0.25) is 4.79 Å². The Morgan fingerprint density at radius 2 is 2.04 bits per heavy atom. The van der Waals surface area contributed by atoms with Gasteiger partial charge in [0.05, 0.1) is 11.7 Å². The van der Waals surface area contributed by atoms with E-state index in [1.807, 2.05) is 43.7 Å². The van der Waals surface area contributed by atoms with Crippen LogP contribution in [0.5, 0.6) is 0 Å². The van der Waals surface area contributed by atoms with Gasteiger partial charge in [-0.2, -0.15) is 0 Å². The molecular formula is C21H25NO4S. The number of ether oxygens (including phenoxy) is 2. The van der Waals surface area contributed by atoms with Gasteiger partial charge >= 0.3 is 5.97 Å². The fourth-order valence-corrected chi connectivity index (χ4v) is 4.25. The second-order valence-corrected chi connectivity index (χ2v) is 7.85. The maximum atomic E-state index is 12.5. The number of esters is 1. The van der Waals surface area contributed by atoms with Gasteiger partial charge in [0.25, 0.3) is 0 Å². The first-order valence-corrected chi connectivity index (χ1v) is 10.1. The quantitative estimate of drug-likeness (QED) is 0.409. The third-order valence-corrected chi connectivity index (χ3v) is 6.17. The van der Waals surface area contributed by atoms with Crippen LogP contribution in [0.15, 0.2) is 35.2 Å². The SMILES string of the molecule is Cc1cc(C(=O)COC(=O)c2ccccc2SC[C@H]2CCCO2)c(C)n1C. The predicted octanol–water partition coefficient (Wildman–Crippen LogP) is 3.95. The molecule has 0 N–H and O–H groups in total. The normalized spacial score (nSPS) is 16.5. The van der Waals surface area contributed by atoms with Crippen LogP contribution in [0.4, 0.5) is 0 Å². The predicted molar refractivity (Wildman–Crippen MR) is 106 cm³/mol. The number of hydrogen-bond acceptors (Lipinski definition) is 5. The van der Waals surface area contributed by atoms with E-state index >= 15 is 0 Å². The fourth-order valence-electron chi connectivity index (χ4n) is 3.14. The molecule has 0 bridgehead atoms. The van der Waals surface area contributed by atoms with Crippen LogP contribution in [0.25, 0.3) is 0 Å². The highest BCUT2D eigenvalue weighted by molar-refractivity contribution is 7.99. The van der Waals surface area contributed by atoms with Crippen LogP contribution in [0.2, 0.25) is 0 Å². The Bertz CT molecular complexity index is 837. The molecule has 1 aromatic carbocycles. The van der Waals surface area contributed by atoms with Crippen LogP contribution < -0.4 is 0 Å². The van der Waals surface area contributed by atoms with E-state index in [4.69, 9.17) is 9.47 Å². The van der Waals surface area contributed by atoms with E-state index in [0.29, 0.717) is 11.1 Å². The van der Waals surface area contributed by atoms with Crippen LogP contribution in [-0.2, 0) is 16.5 Å². The van der Waals surface area contributed by atoms with E-state index in [2.05, 4.69) is 0 Å². The highest BCUT2D eigenvalue weighted by Gasteiger charge is 2.20. The number of benzene rings is 1. The largest absolute Gasteiger partial charge is 0.454 e. The Balaban J connectivity index is 1.62. The average Bonchev–Trinajstić information content (AvgIpc) is 3.28. The zero-order valence-electron chi connectivity index (χ0n) is 16.0. The van der Waals surface area contributed by atoms with Crippen LogP contribution in [0.3, 0.4) is 0 Å². The van der Waals surface area contributed by atoms with E-state index in [-0.39, 0.29) is 18.5 Å². The molecule has 0 saturated carbocycles. The van der Waals surface area contributed by atoms with Crippen molar-refractivity contribution in [1.29, 1.82) is 0 Å². The molecule has 0 spiro atoms. The van der Waals surface area contributed by atoms with Crippen molar-refractivity contribution in [2.24, 2.45) is 7.05 Å². The van der Waals surface area contributed by atoms with E-state index in [1.54, 1.807) is 23.9 Å². The summed E-state index contributed by atoms with van der Waals surface area (Å²) in [7, 11) is 1.91. The number of ketones is 1. The standard InChI is InChI=1S/C21H25NO4S/c1-14-11-18(15(2)22(14)3)19(23)12-26-21(24)17-8-4-5-9-20(17)27-13-16-7-6-10-25-16/h4-5,8-9,11,16H,6-7,10,12-13H2,1-3H3/t16-/m1/s1. The number of hydrogen-bond donors (Lipinski definition) is 0. The summed E-state index contributed by atoms with van der Waals surface area (Å²) in [5.74, 6) is 0.157. The maximum Gasteiger partial charge on any atom is 0.339 e. The third-order valence-electron chi connectivity index (χ3n) is 4.97. The van der Waals surface area contributed by atoms with Gasteiger partial charge < -0.3 is 14.0 Å². The minimum absolute atomic E-state index is 0.186. The van der Waals surface area contributed by atoms with Crippen LogP contribution in [0.1, 0.15) is 44.9 Å². The summed E-state index contributed by atoms with van der Waals surface area (Å²) in [6.07, 6.45) is 2.39. The van der Waals surface area contributed by atoms with Gasteiger partial charge in [-0.1, -0.05) is 12.1 Å². The molecule has 6 heteroatoms. The molecule has 1 aliphatic rings. The number of Topliss-reactive ketones (excluding diaryl/α,β-unsaturated/α-hetero) is 1. The summed E-state index contributed by atoms with van der Waals surface area (Å²) in [5.41, 5.74) is 2.97. The van der Waals surface area contributed by atoms with Gasteiger partial charge in [-0.15, -0.1) is 11.8 Å². The third kappa shape index (κ3) is 4.62. The molecule has 2 heterocycles. The molecule has 1 aromatic heterocycles. The summed E-state index contributed by atoms with van der Waals surface area (Å²) in [6.45, 7) is 4.39. The zero-order valence-corrected chi connectivity index (χ0v) is 16.8. The van der Waals surface area contributed by atoms with Gasteiger partial charge in [0.2, 0.25) is 5.78 Å². The van der Waals surface area contributed by atoms with Gasteiger partial charge in [0.15, 0.2) is 6.61 Å². The zero-order chi connectivity index (χ0) is 19.4. The van der Waals surface area contributed by atoms with Gasteiger partial charge in [0, 0.05) is 41.3 Å². The fraction of sp³-hybridized carbons (Fsp3) is 0.429. The van der Waals surface area contributed by atoms with Crippen LogP contribution in [0, 0.1) is 13.8 Å². The molecule has 3 rings (SSSR count). The number of rotatable bonds is 7. The molecule has 0 radical (unpaired) electrons. The molecule has 2 aromatic rings. The van der Waals surface area contributed by atoms with Crippen molar-refractivity contribution in [2.75, 3.05) is 19.0 Å². The number of nitrogens with zero attached hydrogens (tertiary/aromatic N) is 1. The number of thioether (sulfide) groups is 1. The molecule has 1 atom stereocenters.